The lowest BCUT2D eigenvalue weighted by molar-refractivity contribution is -0.134. The van der Waals surface area contributed by atoms with Crippen molar-refractivity contribution in [2.45, 2.75) is 21.3 Å². The number of amides is 1. The molecule has 0 aromatic rings. The van der Waals surface area contributed by atoms with Crippen molar-refractivity contribution in [3.05, 3.63) is 0 Å². The number of nitrogens with one attached hydrogen (secondary N) is 1. The zero-order valence-electron chi connectivity index (χ0n) is 8.76. The molecule has 1 amide bonds. The number of hydrogen-bond donors (Lipinski definition) is 3. The fourth-order valence-corrected chi connectivity index (χ4v) is 0. The summed E-state index contributed by atoms with van der Waals surface area (Å²) in [6.07, 6.45) is 0. The Kier molecular flexibility index (Phi) is 25.3. The minimum Gasteiger partial charge on any atom is -0.481 e. The Morgan fingerprint density at radius 2 is 1.75 bits per heavy atom. The van der Waals surface area contributed by atoms with Crippen LogP contribution in [0.15, 0.2) is 0 Å². The van der Waals surface area contributed by atoms with E-state index in [-0.39, 0.29) is 27.4 Å². The monoisotopic (exact) mass is 184 g/mol. The first-order chi connectivity index (χ1) is 5.92. The van der Waals surface area contributed by atoms with Gasteiger partial charge in [0, 0.05) is 23.6 Å². The highest BCUT2D eigenvalue weighted by Gasteiger charge is 1.72. The topological polar surface area (TPSA) is 92.4 Å². The van der Waals surface area contributed by atoms with Gasteiger partial charge in [0.15, 0.2) is 0 Å². The van der Waals surface area contributed by atoms with E-state index in [4.69, 9.17) is 12.6 Å². The summed E-state index contributed by atoms with van der Waals surface area (Å²) in [5.74, 6) is -0.981. The van der Waals surface area contributed by atoms with Crippen LogP contribution in [0.4, 0.5) is 0 Å². The lowest BCUT2D eigenvalue weighted by atomic mass is 10.7. The Hall–Kier alpha value is -1.10. The molecule has 0 aliphatic rings. The van der Waals surface area contributed by atoms with Crippen LogP contribution < -0.4 is 11.1 Å². The van der Waals surface area contributed by atoms with Crippen molar-refractivity contribution in [1.29, 1.82) is 0 Å². The molecular formula is C7H20N2O3. The van der Waals surface area contributed by atoms with E-state index in [1.165, 1.54) is 6.92 Å². The number of nitrogens with two attached hydrogens (primary N) is 1. The second-order valence-electron chi connectivity index (χ2n) is 1.25. The van der Waals surface area contributed by atoms with E-state index >= 15 is 0 Å². The third-order valence-corrected chi connectivity index (χ3v) is 0.249. The fourth-order valence-electron chi connectivity index (χ4n) is 0. The number of rotatable bonds is 0. The SMILES string of the molecule is C.CC(=O)O.[3H]CN.[3H]CNC(C)=O. The maximum absolute atomic E-state index is 9.81. The van der Waals surface area contributed by atoms with Crippen molar-refractivity contribution in [2.75, 3.05) is 14.0 Å². The van der Waals surface area contributed by atoms with Crippen LogP contribution in [0.2, 0.25) is 0 Å². The Labute approximate surface area is 76.8 Å². The number of carboxylic acid groups (broad SMARTS) is 1. The molecule has 5 heteroatoms. The van der Waals surface area contributed by atoms with Gasteiger partial charge in [0.2, 0.25) is 5.91 Å². The quantitative estimate of drug-likeness (QED) is 0.496. The van der Waals surface area contributed by atoms with Gasteiger partial charge in [-0.25, -0.2) is 0 Å². The highest BCUT2D eigenvalue weighted by atomic mass is 16.4. The van der Waals surface area contributed by atoms with Gasteiger partial charge in [-0.15, -0.1) is 0 Å². The third-order valence-electron chi connectivity index (χ3n) is 0.249. The summed E-state index contributed by atoms with van der Waals surface area (Å²) < 4.78 is 12.4. The molecule has 0 fully saturated rings. The Morgan fingerprint density at radius 3 is 1.75 bits per heavy atom. The van der Waals surface area contributed by atoms with Crippen molar-refractivity contribution in [3.8, 4) is 0 Å². The van der Waals surface area contributed by atoms with Crippen LogP contribution in [0, 0.1) is 0 Å². The van der Waals surface area contributed by atoms with Gasteiger partial charge in [0.05, 0.1) is 0 Å². The predicted octanol–water partition coefficient (Wildman–Crippen LogP) is 0.0542. The average Bonchev–Trinajstić information content (AvgIpc) is 1.86. The van der Waals surface area contributed by atoms with Gasteiger partial charge in [-0.1, -0.05) is 7.43 Å². The van der Waals surface area contributed by atoms with E-state index in [0.717, 1.165) is 6.92 Å². The first-order valence-electron chi connectivity index (χ1n) is 4.06. The molecule has 0 spiro atoms. The van der Waals surface area contributed by atoms with Crippen molar-refractivity contribution in [3.63, 3.8) is 0 Å². The van der Waals surface area contributed by atoms with E-state index < -0.39 is 5.97 Å². The van der Waals surface area contributed by atoms with Crippen LogP contribution in [-0.2, 0) is 9.59 Å². The molecular weight excluding hydrogens is 160 g/mol. The number of carboxylic acids is 1. The van der Waals surface area contributed by atoms with Gasteiger partial charge in [0.1, 0.15) is 0 Å². The van der Waals surface area contributed by atoms with Crippen molar-refractivity contribution >= 4 is 11.9 Å². The molecule has 0 aliphatic heterocycles. The zero-order valence-corrected chi connectivity index (χ0v) is 6.76. The summed E-state index contributed by atoms with van der Waals surface area (Å²) in [6, 6.07) is 0. The Balaban J connectivity index is -0.0000000553. The first kappa shape index (κ1) is 13.5. The largest absolute Gasteiger partial charge is 0.481 e. The second kappa shape index (κ2) is 22.5. The van der Waals surface area contributed by atoms with Gasteiger partial charge in [-0.3, -0.25) is 9.59 Å². The first-order valence-corrected chi connectivity index (χ1v) is 2.64. The zero-order chi connectivity index (χ0) is 11.3. The fraction of sp³-hybridized carbons (Fsp3) is 0.714. The molecule has 0 saturated heterocycles. The molecule has 0 aromatic carbocycles. The molecule has 5 nitrogen and oxygen atoms in total. The molecule has 12 heavy (non-hydrogen) atoms. The van der Waals surface area contributed by atoms with E-state index in [9.17, 15) is 4.79 Å². The van der Waals surface area contributed by atoms with Crippen LogP contribution in [0.25, 0.3) is 0 Å². The molecule has 0 heterocycles. The van der Waals surface area contributed by atoms with Gasteiger partial charge in [0.25, 0.3) is 5.97 Å². The normalized spacial score (nSPS) is 7.58. The minimum atomic E-state index is -0.833. The third kappa shape index (κ3) is 686. The number of hydrogen-bond acceptors (Lipinski definition) is 3. The molecule has 0 aromatic heterocycles. The van der Waals surface area contributed by atoms with Crippen molar-refractivity contribution in [2.24, 2.45) is 5.73 Å². The van der Waals surface area contributed by atoms with Crippen LogP contribution in [-0.4, -0.2) is 31.0 Å². The molecule has 0 atom stereocenters. The van der Waals surface area contributed by atoms with E-state index in [1.54, 1.807) is 0 Å². The predicted molar refractivity (Wildman–Crippen MR) is 49.9 cm³/mol. The van der Waals surface area contributed by atoms with Gasteiger partial charge in [-0.2, -0.15) is 0 Å². The van der Waals surface area contributed by atoms with Crippen LogP contribution in [0.3, 0.4) is 0 Å². The van der Waals surface area contributed by atoms with Crippen molar-refractivity contribution in [1.82, 2.24) is 5.32 Å². The maximum Gasteiger partial charge on any atom is 0.300 e. The van der Waals surface area contributed by atoms with E-state index in [2.05, 4.69) is 11.1 Å². The van der Waals surface area contributed by atoms with E-state index in [1.807, 2.05) is 0 Å². The standard InChI is InChI=1S/C3H7NO.C2H4O2.CH5N.CH4/c1-3(5)4-2;1-2(3)4;1-2;/h1-2H3,(H,4,5);1H3,(H,3,4);2H2,1H3;1H4/i2T;;1T;. The van der Waals surface area contributed by atoms with Crippen LogP contribution in [0.1, 0.15) is 24.0 Å². The Bertz CT molecular complexity index is 130. The van der Waals surface area contributed by atoms with Crippen LogP contribution in [0.5, 0.6) is 0 Å². The van der Waals surface area contributed by atoms with Gasteiger partial charge >= 0.3 is 0 Å². The van der Waals surface area contributed by atoms with Gasteiger partial charge < -0.3 is 16.2 Å². The number of carbonyl (C=O) groups is 2. The molecule has 76 valence electrons. The molecule has 0 radical (unpaired) electrons. The molecule has 0 saturated carbocycles. The summed E-state index contributed by atoms with van der Waals surface area (Å²) in [5, 5.41) is 9.65. The molecule has 0 unspecified atom stereocenters. The second-order valence-corrected chi connectivity index (χ2v) is 1.25. The lowest BCUT2D eigenvalue weighted by Gasteiger charge is -1.80. The summed E-state index contributed by atoms with van der Waals surface area (Å²) >= 11 is 0. The number of aliphatic carboxylic acids is 1. The molecule has 4 N–H and O–H groups in total. The minimum absolute atomic E-state index is 0. The number of carbonyl (C=O) groups excluding carboxylic acids is 1. The van der Waals surface area contributed by atoms with Gasteiger partial charge in [-0.05, 0) is 7.02 Å². The molecule has 0 bridgehead atoms. The highest BCUT2D eigenvalue weighted by Crippen LogP contribution is 1.45. The lowest BCUT2D eigenvalue weighted by Crippen LogP contribution is -2.11. The smallest absolute Gasteiger partial charge is 0.300 e. The maximum atomic E-state index is 9.81. The van der Waals surface area contributed by atoms with E-state index in [0.29, 0.717) is 0 Å². The van der Waals surface area contributed by atoms with Crippen molar-refractivity contribution < 1.29 is 17.4 Å². The Morgan fingerprint density at radius 1 is 1.50 bits per heavy atom. The van der Waals surface area contributed by atoms with Crippen LogP contribution >= 0.6 is 0 Å². The average molecular weight is 184 g/mol. The molecule has 0 aliphatic carbocycles. The summed E-state index contributed by atoms with van der Waals surface area (Å²) in [5.41, 5.74) is 4.51. The summed E-state index contributed by atoms with van der Waals surface area (Å²) in [6.45, 7) is 2.47. The molecule has 0 rings (SSSR count). The highest BCUT2D eigenvalue weighted by molar-refractivity contribution is 5.72. The summed E-state index contributed by atoms with van der Waals surface area (Å²) in [4.78, 5) is 18.8. The summed E-state index contributed by atoms with van der Waals surface area (Å²) in [7, 11) is -0.0185.